The predicted octanol–water partition coefficient (Wildman–Crippen LogP) is 6.16. The number of ether oxygens (including phenoxy) is 4. The van der Waals surface area contributed by atoms with Crippen LogP contribution in [0.5, 0.6) is 17.2 Å². The predicted molar refractivity (Wildman–Crippen MR) is 130 cm³/mol. The lowest BCUT2D eigenvalue weighted by Gasteiger charge is -2.20. The Kier molecular flexibility index (Phi) is 6.16. The van der Waals surface area contributed by atoms with Crippen LogP contribution in [0.4, 0.5) is 0 Å². The van der Waals surface area contributed by atoms with Crippen molar-refractivity contribution in [3.63, 3.8) is 0 Å². The minimum atomic E-state index is -0.225. The molecule has 0 N–H and O–H groups in total. The van der Waals surface area contributed by atoms with Crippen LogP contribution < -0.4 is 14.2 Å². The Hall–Kier alpha value is -3.13. The summed E-state index contributed by atoms with van der Waals surface area (Å²) in [5.41, 5.74) is 3.26. The van der Waals surface area contributed by atoms with Crippen molar-refractivity contribution in [3.8, 4) is 17.2 Å². The third-order valence-corrected chi connectivity index (χ3v) is 6.18. The first-order valence-corrected chi connectivity index (χ1v) is 11.6. The number of aryl methyl sites for hydroxylation is 1. The molecule has 3 aromatic rings. The number of benzene rings is 3. The van der Waals surface area contributed by atoms with Gasteiger partial charge in [-0.25, -0.2) is 0 Å². The van der Waals surface area contributed by atoms with Crippen LogP contribution in [0, 0.1) is 6.92 Å². The number of fused-ring (bicyclic) bond motifs is 2. The topological polar surface area (TPSA) is 71.1 Å². The molecule has 2 heterocycles. The molecule has 8 heteroatoms. The van der Waals surface area contributed by atoms with Crippen LogP contribution in [0.3, 0.4) is 0 Å². The summed E-state index contributed by atoms with van der Waals surface area (Å²) in [7, 11) is 0. The second-order valence-corrected chi connectivity index (χ2v) is 9.22. The zero-order chi connectivity index (χ0) is 23.8. The van der Waals surface area contributed by atoms with Crippen LogP contribution in [-0.2, 0) is 11.3 Å². The van der Waals surface area contributed by atoms with E-state index in [9.17, 15) is 9.59 Å². The molecule has 0 bridgehead atoms. The smallest absolute Gasteiger partial charge is 0.232 e. The summed E-state index contributed by atoms with van der Waals surface area (Å²) in [4.78, 5) is 25.5. The van der Waals surface area contributed by atoms with E-state index in [0.717, 1.165) is 10.0 Å². The van der Waals surface area contributed by atoms with E-state index in [-0.39, 0.29) is 30.7 Å². The van der Waals surface area contributed by atoms with Crippen molar-refractivity contribution in [2.45, 2.75) is 13.5 Å². The summed E-state index contributed by atoms with van der Waals surface area (Å²) in [5, 5.41) is 0.556. The Morgan fingerprint density at radius 3 is 2.76 bits per heavy atom. The molecule has 3 aromatic carbocycles. The van der Waals surface area contributed by atoms with Crippen molar-refractivity contribution in [1.82, 2.24) is 0 Å². The van der Waals surface area contributed by atoms with Crippen LogP contribution >= 0.6 is 27.5 Å². The molecule has 0 saturated carbocycles. The van der Waals surface area contributed by atoms with Gasteiger partial charge in [-0.2, -0.15) is 0 Å². The van der Waals surface area contributed by atoms with Crippen molar-refractivity contribution >= 4 is 45.2 Å². The maximum absolute atomic E-state index is 13.1. The third-order valence-electron chi connectivity index (χ3n) is 5.47. The normalized spacial score (nSPS) is 15.4. The molecular weight excluding hydrogens is 524 g/mol. The van der Waals surface area contributed by atoms with Gasteiger partial charge in [-0.3, -0.25) is 9.59 Å². The van der Waals surface area contributed by atoms with E-state index in [2.05, 4.69) is 15.9 Å². The number of Topliss-reactive ketones (excluding diaryl/α,β-unsaturated/α-hetero) is 2. The summed E-state index contributed by atoms with van der Waals surface area (Å²) >= 11 is 9.36. The second-order valence-electron chi connectivity index (χ2n) is 7.87. The summed E-state index contributed by atoms with van der Waals surface area (Å²) in [6.07, 6.45) is 1.67. The van der Waals surface area contributed by atoms with Gasteiger partial charge in [0.05, 0.1) is 12.2 Å². The number of rotatable bonds is 5. The molecule has 0 saturated heterocycles. The van der Waals surface area contributed by atoms with Crippen LogP contribution in [0.1, 0.15) is 37.4 Å². The van der Waals surface area contributed by atoms with E-state index in [1.54, 1.807) is 49.4 Å². The molecule has 2 aliphatic heterocycles. The first-order chi connectivity index (χ1) is 16.4. The van der Waals surface area contributed by atoms with Crippen LogP contribution in [-0.4, -0.2) is 25.0 Å². The lowest BCUT2D eigenvalue weighted by Crippen LogP contribution is -2.12. The zero-order valence-corrected chi connectivity index (χ0v) is 20.4. The van der Waals surface area contributed by atoms with Crippen LogP contribution in [0.2, 0.25) is 5.02 Å². The molecule has 0 aromatic heterocycles. The maximum Gasteiger partial charge on any atom is 0.232 e. The highest BCUT2D eigenvalue weighted by molar-refractivity contribution is 9.10. The molecule has 6 nitrogen and oxygen atoms in total. The van der Waals surface area contributed by atoms with Gasteiger partial charge in [0.15, 0.2) is 24.9 Å². The highest BCUT2D eigenvalue weighted by atomic mass is 79.9. The van der Waals surface area contributed by atoms with Gasteiger partial charge in [-0.1, -0.05) is 27.5 Å². The Labute approximate surface area is 209 Å². The van der Waals surface area contributed by atoms with E-state index >= 15 is 0 Å². The second kappa shape index (κ2) is 9.25. The lowest BCUT2D eigenvalue weighted by atomic mass is 10.0. The molecule has 34 heavy (non-hydrogen) atoms. The summed E-state index contributed by atoms with van der Waals surface area (Å²) in [5.74, 6) is 1.26. The average Bonchev–Trinajstić information content (AvgIpc) is 3.13. The molecule has 0 unspecified atom stereocenters. The van der Waals surface area contributed by atoms with Crippen molar-refractivity contribution < 1.29 is 28.5 Å². The summed E-state index contributed by atoms with van der Waals surface area (Å²) in [6, 6.07) is 13.7. The van der Waals surface area contributed by atoms with Crippen molar-refractivity contribution in [2.24, 2.45) is 0 Å². The fourth-order valence-electron chi connectivity index (χ4n) is 3.89. The van der Waals surface area contributed by atoms with Crippen molar-refractivity contribution in [3.05, 3.63) is 91.6 Å². The van der Waals surface area contributed by atoms with Gasteiger partial charge in [0, 0.05) is 32.3 Å². The standard InChI is InChI=1S/C26H18BrClO6/c1-14-6-20(32-12-21(29)15-2-4-19(28)5-3-15)10-22-24(14)25(30)23(34-22)9-16-7-18(27)8-17-11-31-13-33-26(16)17/h2-10H,11-13H2,1H3/b23-9-. The van der Waals surface area contributed by atoms with Gasteiger partial charge >= 0.3 is 0 Å². The monoisotopic (exact) mass is 540 g/mol. The molecule has 5 rings (SSSR count). The van der Waals surface area contributed by atoms with E-state index in [0.29, 0.717) is 51.1 Å². The SMILES string of the molecule is Cc1cc(OCC(=O)c2ccc(Cl)cc2)cc2c1C(=O)/C(=C/c1cc(Br)cc3c1OCOC3)O2. The van der Waals surface area contributed by atoms with Gasteiger partial charge in [0.2, 0.25) is 5.78 Å². The van der Waals surface area contributed by atoms with Crippen molar-refractivity contribution in [2.75, 3.05) is 13.4 Å². The molecule has 0 amide bonds. The van der Waals surface area contributed by atoms with E-state index < -0.39 is 0 Å². The van der Waals surface area contributed by atoms with Crippen LogP contribution in [0.15, 0.2) is 58.8 Å². The van der Waals surface area contributed by atoms with E-state index in [1.165, 1.54) is 0 Å². The number of hydrogen-bond donors (Lipinski definition) is 0. The Morgan fingerprint density at radius 1 is 1.18 bits per heavy atom. The number of allylic oxidation sites excluding steroid dienone is 1. The Balaban J connectivity index is 1.38. The average molecular weight is 542 g/mol. The molecule has 0 spiro atoms. The molecule has 0 radical (unpaired) electrons. The first-order valence-electron chi connectivity index (χ1n) is 10.4. The fraction of sp³-hybridized carbons (Fsp3) is 0.154. The zero-order valence-electron chi connectivity index (χ0n) is 18.0. The number of hydrogen-bond acceptors (Lipinski definition) is 6. The fourth-order valence-corrected chi connectivity index (χ4v) is 4.53. The molecule has 172 valence electrons. The van der Waals surface area contributed by atoms with Gasteiger partial charge < -0.3 is 18.9 Å². The largest absolute Gasteiger partial charge is 0.485 e. The summed E-state index contributed by atoms with van der Waals surface area (Å²) < 4.78 is 23.5. The molecule has 0 aliphatic carbocycles. The Morgan fingerprint density at radius 2 is 1.97 bits per heavy atom. The van der Waals surface area contributed by atoms with E-state index in [1.807, 2.05) is 12.1 Å². The highest BCUT2D eigenvalue weighted by Gasteiger charge is 2.31. The maximum atomic E-state index is 13.1. The van der Waals surface area contributed by atoms with Gasteiger partial charge in [-0.15, -0.1) is 0 Å². The van der Waals surface area contributed by atoms with Gasteiger partial charge in [0.1, 0.15) is 17.2 Å². The number of halogens is 2. The third kappa shape index (κ3) is 4.46. The molecule has 0 atom stereocenters. The van der Waals surface area contributed by atoms with Crippen molar-refractivity contribution in [1.29, 1.82) is 0 Å². The summed E-state index contributed by atoms with van der Waals surface area (Å²) in [6.45, 7) is 2.22. The lowest BCUT2D eigenvalue weighted by molar-refractivity contribution is -0.0165. The van der Waals surface area contributed by atoms with E-state index in [4.69, 9.17) is 30.5 Å². The molecule has 0 fully saturated rings. The Bertz CT molecular complexity index is 1350. The van der Waals surface area contributed by atoms with Gasteiger partial charge in [0.25, 0.3) is 0 Å². The minimum Gasteiger partial charge on any atom is -0.485 e. The number of carbonyl (C=O) groups is 2. The number of ketones is 2. The van der Waals surface area contributed by atoms with Gasteiger partial charge in [-0.05, 0) is 61.0 Å². The number of carbonyl (C=O) groups excluding carboxylic acids is 2. The molecule has 2 aliphatic rings. The highest BCUT2D eigenvalue weighted by Crippen LogP contribution is 2.39. The van der Waals surface area contributed by atoms with Crippen LogP contribution in [0.25, 0.3) is 6.08 Å². The first kappa shape index (κ1) is 22.7. The quantitative estimate of drug-likeness (QED) is 0.285. The minimum absolute atomic E-state index is 0.147. The molecular formula is C26H18BrClO6.